The number of hydrazine groups is 1. The molecule has 0 saturated carbocycles. The van der Waals surface area contributed by atoms with Crippen molar-refractivity contribution in [3.63, 3.8) is 0 Å². The quantitative estimate of drug-likeness (QED) is 0.699. The molecule has 0 aliphatic carbocycles. The fourth-order valence-electron chi connectivity index (χ4n) is 4.36. The third-order valence-corrected chi connectivity index (χ3v) is 6.91. The number of nitrogens with zero attached hydrogens (tertiary/aromatic N) is 2. The average Bonchev–Trinajstić information content (AvgIpc) is 3.29. The molecule has 2 unspecified atom stereocenters. The first kappa shape index (κ1) is 22.0. The van der Waals surface area contributed by atoms with Crippen LogP contribution >= 0.6 is 15.9 Å². The predicted octanol–water partition coefficient (Wildman–Crippen LogP) is 3.01. The van der Waals surface area contributed by atoms with E-state index in [2.05, 4.69) is 38.9 Å². The molecule has 2 aliphatic rings. The number of amides is 2. The normalized spacial score (nSPS) is 21.9. The molecular formula is C24H29BrN4O2. The highest BCUT2D eigenvalue weighted by atomic mass is 79.9. The van der Waals surface area contributed by atoms with Gasteiger partial charge in [-0.2, -0.15) is 0 Å². The number of carbonyl (C=O) groups is 2. The van der Waals surface area contributed by atoms with Crippen molar-refractivity contribution in [1.29, 1.82) is 0 Å². The Morgan fingerprint density at radius 1 is 0.903 bits per heavy atom. The number of carbonyl (C=O) groups excluding carboxylic acids is 2. The maximum Gasteiger partial charge on any atom is 0.241 e. The van der Waals surface area contributed by atoms with Crippen molar-refractivity contribution in [2.45, 2.75) is 37.8 Å². The van der Waals surface area contributed by atoms with Gasteiger partial charge in [0.25, 0.3) is 0 Å². The van der Waals surface area contributed by atoms with Gasteiger partial charge >= 0.3 is 0 Å². The van der Waals surface area contributed by atoms with E-state index >= 15 is 0 Å². The van der Waals surface area contributed by atoms with E-state index < -0.39 is 5.41 Å². The van der Waals surface area contributed by atoms with Gasteiger partial charge in [-0.1, -0.05) is 58.4 Å². The highest BCUT2D eigenvalue weighted by molar-refractivity contribution is 9.10. The summed E-state index contributed by atoms with van der Waals surface area (Å²) < 4.78 is 1.04. The van der Waals surface area contributed by atoms with Gasteiger partial charge in [0.05, 0.1) is 5.41 Å². The summed E-state index contributed by atoms with van der Waals surface area (Å²) in [5.74, 6) is 0.211. The molecule has 2 amide bonds. The standard InChI is InChI=1S/C24H29BrN4O2/c1-24(2,18-6-4-3-5-7-18)23(31)29-14-12-28(13-15-29)22(30)21-16-20(26-27-21)17-8-10-19(25)11-9-17/h3-11,20-21,26-27H,12-16H2,1-2H3. The molecule has 0 aromatic heterocycles. The molecule has 31 heavy (non-hydrogen) atoms. The van der Waals surface area contributed by atoms with E-state index in [0.29, 0.717) is 32.6 Å². The molecule has 164 valence electrons. The molecule has 2 aromatic rings. The summed E-state index contributed by atoms with van der Waals surface area (Å²) in [6.07, 6.45) is 0.709. The number of halogens is 1. The van der Waals surface area contributed by atoms with Crippen molar-refractivity contribution < 1.29 is 9.59 Å². The lowest BCUT2D eigenvalue weighted by Crippen LogP contribution is -2.57. The molecule has 7 heteroatoms. The molecule has 4 rings (SSSR count). The average molecular weight is 485 g/mol. The summed E-state index contributed by atoms with van der Waals surface area (Å²) in [6, 6.07) is 17.9. The van der Waals surface area contributed by atoms with Gasteiger partial charge in [-0.25, -0.2) is 10.9 Å². The van der Waals surface area contributed by atoms with E-state index in [0.717, 1.165) is 15.6 Å². The number of benzene rings is 2. The summed E-state index contributed by atoms with van der Waals surface area (Å²) >= 11 is 3.46. The maximum absolute atomic E-state index is 13.2. The summed E-state index contributed by atoms with van der Waals surface area (Å²) in [5.41, 5.74) is 8.00. The fraction of sp³-hybridized carbons (Fsp3) is 0.417. The molecule has 0 bridgehead atoms. The van der Waals surface area contributed by atoms with Crippen LogP contribution in [0.5, 0.6) is 0 Å². The molecule has 2 atom stereocenters. The van der Waals surface area contributed by atoms with Crippen LogP contribution in [0.25, 0.3) is 0 Å². The van der Waals surface area contributed by atoms with Crippen LogP contribution in [0.15, 0.2) is 59.1 Å². The molecule has 2 saturated heterocycles. The van der Waals surface area contributed by atoms with Gasteiger partial charge in [0, 0.05) is 36.7 Å². The predicted molar refractivity (Wildman–Crippen MR) is 124 cm³/mol. The maximum atomic E-state index is 13.2. The Hall–Kier alpha value is -2.22. The van der Waals surface area contributed by atoms with Crippen molar-refractivity contribution in [2.24, 2.45) is 0 Å². The summed E-state index contributed by atoms with van der Waals surface area (Å²) in [4.78, 5) is 30.0. The summed E-state index contributed by atoms with van der Waals surface area (Å²) in [7, 11) is 0. The third kappa shape index (κ3) is 4.68. The summed E-state index contributed by atoms with van der Waals surface area (Å²) in [5, 5.41) is 0. The van der Waals surface area contributed by atoms with Crippen LogP contribution in [0.3, 0.4) is 0 Å². The third-order valence-electron chi connectivity index (χ3n) is 6.38. The van der Waals surface area contributed by atoms with Crippen molar-refractivity contribution >= 4 is 27.7 Å². The van der Waals surface area contributed by atoms with E-state index in [1.54, 1.807) is 0 Å². The number of rotatable bonds is 4. The lowest BCUT2D eigenvalue weighted by molar-refractivity contribution is -0.143. The van der Waals surface area contributed by atoms with E-state index in [9.17, 15) is 9.59 Å². The minimum absolute atomic E-state index is 0.0986. The minimum atomic E-state index is -0.581. The first-order chi connectivity index (χ1) is 14.9. The molecule has 0 spiro atoms. The van der Waals surface area contributed by atoms with Crippen LogP contribution in [0.1, 0.15) is 37.4 Å². The second-order valence-corrected chi connectivity index (χ2v) is 9.71. The molecule has 2 aromatic carbocycles. The van der Waals surface area contributed by atoms with Gasteiger partial charge in [0.15, 0.2) is 0 Å². The van der Waals surface area contributed by atoms with Crippen LogP contribution in [0, 0.1) is 0 Å². The van der Waals surface area contributed by atoms with Crippen LogP contribution in [0.2, 0.25) is 0 Å². The Kier molecular flexibility index (Phi) is 6.46. The van der Waals surface area contributed by atoms with Crippen molar-refractivity contribution in [2.75, 3.05) is 26.2 Å². The Morgan fingerprint density at radius 3 is 2.16 bits per heavy atom. The molecular weight excluding hydrogens is 456 g/mol. The number of hydrogen-bond donors (Lipinski definition) is 2. The van der Waals surface area contributed by atoms with Crippen molar-refractivity contribution in [3.05, 3.63) is 70.2 Å². The molecule has 0 radical (unpaired) electrons. The Balaban J connectivity index is 1.32. The number of hydrogen-bond acceptors (Lipinski definition) is 4. The topological polar surface area (TPSA) is 64.7 Å². The van der Waals surface area contributed by atoms with Gasteiger partial charge in [-0.15, -0.1) is 0 Å². The van der Waals surface area contributed by atoms with Gasteiger partial charge in [-0.3, -0.25) is 9.59 Å². The highest BCUT2D eigenvalue weighted by Gasteiger charge is 2.38. The highest BCUT2D eigenvalue weighted by Crippen LogP contribution is 2.27. The molecule has 2 heterocycles. The van der Waals surface area contributed by atoms with Gasteiger partial charge in [0.1, 0.15) is 6.04 Å². The van der Waals surface area contributed by atoms with Crippen LogP contribution in [-0.2, 0) is 15.0 Å². The largest absolute Gasteiger partial charge is 0.338 e. The zero-order chi connectivity index (χ0) is 22.0. The number of piperazine rings is 1. The SMILES string of the molecule is CC(C)(C(=O)N1CCN(C(=O)C2CC(c3ccc(Br)cc3)NN2)CC1)c1ccccc1. The molecule has 2 fully saturated rings. The lowest BCUT2D eigenvalue weighted by atomic mass is 9.83. The zero-order valence-electron chi connectivity index (χ0n) is 18.0. The van der Waals surface area contributed by atoms with Gasteiger partial charge < -0.3 is 9.80 Å². The van der Waals surface area contributed by atoms with E-state index in [-0.39, 0.29) is 23.9 Å². The monoisotopic (exact) mass is 484 g/mol. The molecule has 2 N–H and O–H groups in total. The summed E-state index contributed by atoms with van der Waals surface area (Å²) in [6.45, 7) is 6.21. The van der Waals surface area contributed by atoms with Crippen molar-refractivity contribution in [3.8, 4) is 0 Å². The minimum Gasteiger partial charge on any atom is -0.338 e. The van der Waals surface area contributed by atoms with E-state index in [1.807, 2.05) is 66.1 Å². The van der Waals surface area contributed by atoms with Gasteiger partial charge in [-0.05, 0) is 43.5 Å². The first-order valence-corrected chi connectivity index (χ1v) is 11.6. The van der Waals surface area contributed by atoms with E-state index in [1.165, 1.54) is 0 Å². The molecule has 2 aliphatic heterocycles. The Labute approximate surface area is 192 Å². The van der Waals surface area contributed by atoms with Gasteiger partial charge in [0.2, 0.25) is 11.8 Å². The van der Waals surface area contributed by atoms with Crippen LogP contribution < -0.4 is 10.9 Å². The first-order valence-electron chi connectivity index (χ1n) is 10.8. The smallest absolute Gasteiger partial charge is 0.241 e. The lowest BCUT2D eigenvalue weighted by Gasteiger charge is -2.39. The van der Waals surface area contributed by atoms with E-state index in [4.69, 9.17) is 0 Å². The fourth-order valence-corrected chi connectivity index (χ4v) is 4.62. The Bertz CT molecular complexity index is 924. The Morgan fingerprint density at radius 2 is 1.52 bits per heavy atom. The molecule has 6 nitrogen and oxygen atoms in total. The van der Waals surface area contributed by atoms with Crippen LogP contribution in [0.4, 0.5) is 0 Å². The number of nitrogens with one attached hydrogen (secondary N) is 2. The van der Waals surface area contributed by atoms with Crippen molar-refractivity contribution in [1.82, 2.24) is 20.7 Å². The zero-order valence-corrected chi connectivity index (χ0v) is 19.6. The second-order valence-electron chi connectivity index (χ2n) is 8.79. The van der Waals surface area contributed by atoms with Crippen LogP contribution in [-0.4, -0.2) is 53.8 Å². The second kappa shape index (κ2) is 9.10.